The van der Waals surface area contributed by atoms with E-state index in [1.54, 1.807) is 35.5 Å². The van der Waals surface area contributed by atoms with Crippen molar-refractivity contribution in [3.05, 3.63) is 69.2 Å². The Balaban J connectivity index is 1.47. The minimum Gasteiger partial charge on any atom is -0.383 e. The van der Waals surface area contributed by atoms with Gasteiger partial charge < -0.3 is 10.1 Å². The molecule has 1 atom stereocenters. The highest BCUT2D eigenvalue weighted by Crippen LogP contribution is 2.33. The van der Waals surface area contributed by atoms with E-state index in [1.807, 2.05) is 30.3 Å². The van der Waals surface area contributed by atoms with Crippen molar-refractivity contribution in [2.45, 2.75) is 31.8 Å². The number of nitrogens with zero attached hydrogens (tertiary/aromatic N) is 3. The van der Waals surface area contributed by atoms with Crippen LogP contribution in [0.15, 0.2) is 47.7 Å². The third kappa shape index (κ3) is 3.53. The molecule has 0 amide bonds. The second kappa shape index (κ2) is 8.26. The molecule has 3 aromatic heterocycles. The van der Waals surface area contributed by atoms with E-state index in [0.717, 1.165) is 52.5 Å². The number of para-hydroxylation sites is 1. The minimum absolute atomic E-state index is 0.0521. The van der Waals surface area contributed by atoms with Crippen molar-refractivity contribution in [2.75, 3.05) is 20.3 Å². The predicted octanol–water partition coefficient (Wildman–Crippen LogP) is 3.15. The summed E-state index contributed by atoms with van der Waals surface area (Å²) in [4.78, 5) is 24.7. The van der Waals surface area contributed by atoms with Gasteiger partial charge in [-0.15, -0.1) is 11.3 Å². The van der Waals surface area contributed by atoms with Crippen LogP contribution in [0.2, 0.25) is 0 Å². The molecule has 1 aliphatic rings. The molecule has 1 N–H and O–H groups in total. The molecule has 0 saturated carbocycles. The zero-order chi connectivity index (χ0) is 20.5. The largest absolute Gasteiger partial charge is 0.383 e. The van der Waals surface area contributed by atoms with Gasteiger partial charge in [-0.05, 0) is 36.5 Å². The first-order chi connectivity index (χ1) is 14.7. The number of ether oxygens (including phenoxy) is 1. The Kier molecular flexibility index (Phi) is 5.33. The first-order valence-corrected chi connectivity index (χ1v) is 11.1. The Morgan fingerprint density at radius 1 is 1.27 bits per heavy atom. The normalized spacial score (nSPS) is 16.2. The van der Waals surface area contributed by atoms with Gasteiger partial charge in [0.05, 0.1) is 30.4 Å². The van der Waals surface area contributed by atoms with Gasteiger partial charge in [-0.1, -0.05) is 24.3 Å². The van der Waals surface area contributed by atoms with Gasteiger partial charge in [-0.3, -0.25) is 14.3 Å². The van der Waals surface area contributed by atoms with Crippen molar-refractivity contribution in [1.82, 2.24) is 19.9 Å². The van der Waals surface area contributed by atoms with Gasteiger partial charge in [-0.25, -0.2) is 4.98 Å². The molecule has 1 aromatic carbocycles. The molecule has 0 bridgehead atoms. The third-order valence-electron chi connectivity index (χ3n) is 5.83. The topological polar surface area (TPSA) is 69.0 Å². The van der Waals surface area contributed by atoms with E-state index in [1.165, 1.54) is 10.4 Å². The van der Waals surface area contributed by atoms with Gasteiger partial charge in [0.15, 0.2) is 0 Å². The average molecular weight is 421 g/mol. The first kappa shape index (κ1) is 19.4. The lowest BCUT2D eigenvalue weighted by atomic mass is 9.93. The van der Waals surface area contributed by atoms with Crippen molar-refractivity contribution in [3.8, 4) is 0 Å². The van der Waals surface area contributed by atoms with E-state index in [-0.39, 0.29) is 5.56 Å². The van der Waals surface area contributed by atoms with Crippen molar-refractivity contribution in [2.24, 2.45) is 0 Å². The first-order valence-electron chi connectivity index (χ1n) is 10.3. The number of thiophene rings is 1. The smallest absolute Gasteiger partial charge is 0.262 e. The highest BCUT2D eigenvalue weighted by atomic mass is 32.1. The highest BCUT2D eigenvalue weighted by Gasteiger charge is 2.25. The minimum atomic E-state index is 0.0521. The van der Waals surface area contributed by atoms with Crippen LogP contribution in [0.25, 0.3) is 21.1 Å². The molecule has 1 unspecified atom stereocenters. The summed E-state index contributed by atoms with van der Waals surface area (Å²) < 4.78 is 6.86. The van der Waals surface area contributed by atoms with E-state index in [9.17, 15) is 4.79 Å². The molecule has 4 aromatic rings. The van der Waals surface area contributed by atoms with Gasteiger partial charge in [0, 0.05) is 36.2 Å². The van der Waals surface area contributed by atoms with Gasteiger partial charge in [0.2, 0.25) is 0 Å². The number of pyridine rings is 1. The fraction of sp³-hybridized carbons (Fsp3) is 0.348. The van der Waals surface area contributed by atoms with Crippen LogP contribution in [-0.4, -0.2) is 40.8 Å². The van der Waals surface area contributed by atoms with Crippen molar-refractivity contribution < 1.29 is 4.74 Å². The molecule has 0 fully saturated rings. The van der Waals surface area contributed by atoms with E-state index in [2.05, 4.69) is 15.3 Å². The number of methoxy groups -OCH3 is 1. The number of nitrogens with one attached hydrogen (secondary N) is 1. The number of hydrogen-bond acceptors (Lipinski definition) is 6. The molecular weight excluding hydrogens is 396 g/mol. The number of fused-ring (bicyclic) bond motifs is 4. The summed E-state index contributed by atoms with van der Waals surface area (Å²) in [6.45, 7) is 2.04. The van der Waals surface area contributed by atoms with Crippen molar-refractivity contribution in [1.29, 1.82) is 0 Å². The predicted molar refractivity (Wildman–Crippen MR) is 120 cm³/mol. The Morgan fingerprint density at radius 3 is 3.07 bits per heavy atom. The molecule has 0 radical (unpaired) electrons. The summed E-state index contributed by atoms with van der Waals surface area (Å²) in [5, 5.41) is 5.44. The van der Waals surface area contributed by atoms with Crippen LogP contribution in [0.5, 0.6) is 0 Å². The number of hydrogen-bond donors (Lipinski definition) is 1. The second-order valence-electron chi connectivity index (χ2n) is 7.74. The Morgan fingerprint density at radius 2 is 2.17 bits per heavy atom. The Bertz CT molecular complexity index is 1260. The van der Waals surface area contributed by atoms with E-state index >= 15 is 0 Å². The summed E-state index contributed by atoms with van der Waals surface area (Å²) in [5.41, 5.74) is 3.21. The van der Waals surface area contributed by atoms with Gasteiger partial charge in [-0.2, -0.15) is 0 Å². The highest BCUT2D eigenvalue weighted by molar-refractivity contribution is 7.18. The quantitative estimate of drug-likeness (QED) is 0.485. The molecular formula is C23H24N4O2S. The number of aromatic nitrogens is 3. The summed E-state index contributed by atoms with van der Waals surface area (Å²) in [5.74, 6) is 0. The van der Waals surface area contributed by atoms with Crippen LogP contribution in [0, 0.1) is 0 Å². The molecule has 1 aliphatic carbocycles. The third-order valence-corrected chi connectivity index (χ3v) is 6.99. The van der Waals surface area contributed by atoms with Crippen LogP contribution in [0.1, 0.15) is 22.4 Å². The van der Waals surface area contributed by atoms with E-state index < -0.39 is 0 Å². The maximum Gasteiger partial charge on any atom is 0.262 e. The number of aryl methyl sites for hydroxylation is 1. The summed E-state index contributed by atoms with van der Waals surface area (Å²) in [7, 11) is 1.72. The van der Waals surface area contributed by atoms with Gasteiger partial charge in [0.25, 0.3) is 5.56 Å². The standard InChI is InChI=1S/C23H24N4O2S/c1-29-11-10-24-17-7-8-18-19(12-17)30-22-20(18)23(28)27(14-26-22)13-16-5-2-4-15-6-3-9-25-21(15)16/h2-6,9,14,17,24H,7-8,10-13H2,1H3. The van der Waals surface area contributed by atoms with Crippen molar-refractivity contribution >= 4 is 32.5 Å². The zero-order valence-electron chi connectivity index (χ0n) is 16.9. The average Bonchev–Trinajstić information content (AvgIpc) is 3.14. The van der Waals surface area contributed by atoms with Gasteiger partial charge in [0.1, 0.15) is 4.83 Å². The molecule has 0 aliphatic heterocycles. The molecule has 7 heteroatoms. The number of rotatable bonds is 6. The molecule has 3 heterocycles. The molecule has 0 spiro atoms. The van der Waals surface area contributed by atoms with Crippen LogP contribution in [-0.2, 0) is 24.1 Å². The lowest BCUT2D eigenvalue weighted by molar-refractivity contribution is 0.194. The lowest BCUT2D eigenvalue weighted by Gasteiger charge is -2.23. The van der Waals surface area contributed by atoms with Crippen LogP contribution in [0.4, 0.5) is 0 Å². The maximum atomic E-state index is 13.4. The van der Waals surface area contributed by atoms with Crippen molar-refractivity contribution in [3.63, 3.8) is 0 Å². The monoisotopic (exact) mass is 420 g/mol. The Hall–Kier alpha value is -2.61. The number of benzene rings is 1. The fourth-order valence-electron chi connectivity index (χ4n) is 4.33. The molecule has 5 rings (SSSR count). The van der Waals surface area contributed by atoms with Crippen LogP contribution in [0.3, 0.4) is 0 Å². The molecule has 154 valence electrons. The molecule has 30 heavy (non-hydrogen) atoms. The summed E-state index contributed by atoms with van der Waals surface area (Å²) in [6, 6.07) is 10.5. The van der Waals surface area contributed by atoms with Crippen LogP contribution < -0.4 is 10.9 Å². The second-order valence-corrected chi connectivity index (χ2v) is 8.82. The molecule has 6 nitrogen and oxygen atoms in total. The maximum absolute atomic E-state index is 13.4. The summed E-state index contributed by atoms with van der Waals surface area (Å²) >= 11 is 1.67. The Labute approximate surface area is 178 Å². The van der Waals surface area contributed by atoms with Crippen LogP contribution >= 0.6 is 11.3 Å². The van der Waals surface area contributed by atoms with Gasteiger partial charge >= 0.3 is 0 Å². The fourth-order valence-corrected chi connectivity index (χ4v) is 5.59. The zero-order valence-corrected chi connectivity index (χ0v) is 17.7. The van der Waals surface area contributed by atoms with E-state index in [0.29, 0.717) is 19.2 Å². The SMILES string of the molecule is COCCNC1CCc2c(sc3ncn(Cc4cccc5cccnc45)c(=O)c23)C1. The summed E-state index contributed by atoms with van der Waals surface area (Å²) in [6.07, 6.45) is 6.37. The lowest BCUT2D eigenvalue weighted by Crippen LogP contribution is -2.36. The molecule has 0 saturated heterocycles. The van der Waals surface area contributed by atoms with E-state index in [4.69, 9.17) is 4.74 Å².